The van der Waals surface area contributed by atoms with Crippen LogP contribution in [0.5, 0.6) is 0 Å². The Bertz CT molecular complexity index is 510. The van der Waals surface area contributed by atoms with Crippen LogP contribution in [0.1, 0.15) is 31.7 Å². The van der Waals surface area contributed by atoms with Crippen LogP contribution in [0.4, 0.5) is 0 Å². The van der Waals surface area contributed by atoms with Crippen molar-refractivity contribution in [2.75, 3.05) is 0 Å². The number of hydrogen-bond donors (Lipinski definition) is 1. The van der Waals surface area contributed by atoms with E-state index < -0.39 is 5.72 Å². The fourth-order valence-corrected chi connectivity index (χ4v) is 2.30. The van der Waals surface area contributed by atoms with Crippen LogP contribution in [0.15, 0.2) is 29.6 Å². The molecular formula is C13H15N3O2. The summed E-state index contributed by atoms with van der Waals surface area (Å²) in [6, 6.07) is 3.45. The molecule has 1 aromatic heterocycles. The number of rotatable bonds is 2. The van der Waals surface area contributed by atoms with Crippen LogP contribution in [-0.4, -0.2) is 26.7 Å². The molecule has 2 aliphatic rings. The Labute approximate surface area is 105 Å². The molecule has 1 amide bonds. The van der Waals surface area contributed by atoms with Gasteiger partial charge in [0.1, 0.15) is 0 Å². The summed E-state index contributed by atoms with van der Waals surface area (Å²) in [5.74, 6) is -0.0424. The second-order valence-electron chi connectivity index (χ2n) is 4.99. The molecule has 1 aliphatic heterocycles. The third-order valence-corrected chi connectivity index (χ3v) is 3.40. The Balaban J connectivity index is 1.97. The van der Waals surface area contributed by atoms with Gasteiger partial charge in [0.2, 0.25) is 5.91 Å². The van der Waals surface area contributed by atoms with E-state index in [1.807, 2.05) is 6.92 Å². The molecule has 5 nitrogen and oxygen atoms in total. The molecule has 1 N–H and O–H groups in total. The van der Waals surface area contributed by atoms with E-state index in [0.717, 1.165) is 18.6 Å². The van der Waals surface area contributed by atoms with Gasteiger partial charge in [0, 0.05) is 36.0 Å². The van der Waals surface area contributed by atoms with E-state index in [2.05, 4.69) is 10.1 Å². The zero-order chi connectivity index (χ0) is 12.8. The highest BCUT2D eigenvalue weighted by Gasteiger charge is 2.48. The summed E-state index contributed by atoms with van der Waals surface area (Å²) in [7, 11) is 0. The number of aromatic nitrogens is 1. The van der Waals surface area contributed by atoms with Gasteiger partial charge in [-0.15, -0.1) is 0 Å². The predicted octanol–water partition coefficient (Wildman–Crippen LogP) is 1.24. The summed E-state index contributed by atoms with van der Waals surface area (Å²) in [4.78, 5) is 16.1. The normalized spacial score (nSPS) is 27.2. The average molecular weight is 245 g/mol. The Kier molecular flexibility index (Phi) is 2.45. The van der Waals surface area contributed by atoms with E-state index in [1.165, 1.54) is 5.01 Å². The largest absolute Gasteiger partial charge is 0.365 e. The monoisotopic (exact) mass is 245 g/mol. The quantitative estimate of drug-likeness (QED) is 0.852. The van der Waals surface area contributed by atoms with Gasteiger partial charge in [0.05, 0.1) is 0 Å². The third-order valence-electron chi connectivity index (χ3n) is 3.40. The zero-order valence-electron chi connectivity index (χ0n) is 10.2. The lowest BCUT2D eigenvalue weighted by Crippen LogP contribution is -2.44. The predicted molar refractivity (Wildman–Crippen MR) is 65.4 cm³/mol. The third kappa shape index (κ3) is 1.71. The van der Waals surface area contributed by atoms with E-state index in [0.29, 0.717) is 12.0 Å². The Hall–Kier alpha value is -1.75. The first-order valence-electron chi connectivity index (χ1n) is 6.12. The maximum atomic E-state index is 12.2. The maximum Gasteiger partial charge on any atom is 0.248 e. The van der Waals surface area contributed by atoms with Crippen LogP contribution >= 0.6 is 0 Å². The number of amides is 1. The van der Waals surface area contributed by atoms with Gasteiger partial charge in [-0.25, -0.2) is 0 Å². The van der Waals surface area contributed by atoms with Gasteiger partial charge in [-0.1, -0.05) is 0 Å². The Morgan fingerprint density at radius 1 is 1.44 bits per heavy atom. The van der Waals surface area contributed by atoms with Gasteiger partial charge < -0.3 is 5.11 Å². The first-order chi connectivity index (χ1) is 8.61. The van der Waals surface area contributed by atoms with Gasteiger partial charge in [-0.3, -0.25) is 9.78 Å². The fraction of sp³-hybridized carbons (Fsp3) is 0.462. The summed E-state index contributed by atoms with van der Waals surface area (Å²) < 4.78 is 0. The Morgan fingerprint density at radius 2 is 2.11 bits per heavy atom. The van der Waals surface area contributed by atoms with Gasteiger partial charge in [0.15, 0.2) is 5.72 Å². The minimum atomic E-state index is -1.34. The summed E-state index contributed by atoms with van der Waals surface area (Å²) in [5, 5.41) is 16.3. The summed E-state index contributed by atoms with van der Waals surface area (Å²) >= 11 is 0. The van der Waals surface area contributed by atoms with Crippen molar-refractivity contribution in [1.82, 2.24) is 9.99 Å². The van der Waals surface area contributed by atoms with Crippen molar-refractivity contribution in [3.05, 3.63) is 30.1 Å². The highest BCUT2D eigenvalue weighted by molar-refractivity contribution is 5.90. The van der Waals surface area contributed by atoms with Gasteiger partial charge >= 0.3 is 0 Å². The van der Waals surface area contributed by atoms with Crippen molar-refractivity contribution in [2.45, 2.75) is 31.9 Å². The molecule has 1 fully saturated rings. The molecule has 5 heteroatoms. The number of nitrogens with zero attached hydrogens (tertiary/aromatic N) is 3. The smallest absolute Gasteiger partial charge is 0.248 e. The molecule has 1 saturated carbocycles. The van der Waals surface area contributed by atoms with Gasteiger partial charge in [-0.05, 0) is 31.9 Å². The van der Waals surface area contributed by atoms with E-state index in [4.69, 9.17) is 0 Å². The lowest BCUT2D eigenvalue weighted by atomic mass is 9.98. The molecule has 18 heavy (non-hydrogen) atoms. The topological polar surface area (TPSA) is 65.8 Å². The van der Waals surface area contributed by atoms with Crippen LogP contribution in [0.3, 0.4) is 0 Å². The summed E-state index contributed by atoms with van der Waals surface area (Å²) in [6.07, 6.45) is 5.38. The van der Waals surface area contributed by atoms with Gasteiger partial charge in [-0.2, -0.15) is 10.1 Å². The van der Waals surface area contributed by atoms with Crippen molar-refractivity contribution in [2.24, 2.45) is 11.0 Å². The van der Waals surface area contributed by atoms with Crippen molar-refractivity contribution in [3.63, 3.8) is 0 Å². The molecule has 2 heterocycles. The minimum absolute atomic E-state index is 0.0352. The molecule has 1 unspecified atom stereocenters. The number of pyridine rings is 1. The van der Waals surface area contributed by atoms with Crippen molar-refractivity contribution in [3.8, 4) is 0 Å². The van der Waals surface area contributed by atoms with Crippen LogP contribution in [0.2, 0.25) is 0 Å². The molecule has 0 spiro atoms. The molecular weight excluding hydrogens is 230 g/mol. The van der Waals surface area contributed by atoms with Crippen molar-refractivity contribution < 1.29 is 9.90 Å². The van der Waals surface area contributed by atoms with Gasteiger partial charge in [0.25, 0.3) is 0 Å². The van der Waals surface area contributed by atoms with Crippen LogP contribution in [0, 0.1) is 5.92 Å². The SMILES string of the molecule is CC1=NN(C(=O)C2CC2)C(O)(c2ccncc2)C1. The second-order valence-corrected chi connectivity index (χ2v) is 4.99. The van der Waals surface area contributed by atoms with E-state index in [9.17, 15) is 9.90 Å². The minimum Gasteiger partial charge on any atom is -0.365 e. The highest BCUT2D eigenvalue weighted by atomic mass is 16.3. The first-order valence-corrected chi connectivity index (χ1v) is 6.12. The summed E-state index contributed by atoms with van der Waals surface area (Å²) in [6.45, 7) is 1.83. The molecule has 1 aliphatic carbocycles. The first kappa shape index (κ1) is 11.3. The van der Waals surface area contributed by atoms with Crippen LogP contribution < -0.4 is 0 Å². The lowest BCUT2D eigenvalue weighted by molar-refractivity contribution is -0.159. The number of carbonyl (C=O) groups excluding carboxylic acids is 1. The number of hydrogen-bond acceptors (Lipinski definition) is 4. The van der Waals surface area contributed by atoms with Crippen molar-refractivity contribution >= 4 is 11.6 Å². The molecule has 94 valence electrons. The molecule has 0 saturated heterocycles. The molecule has 1 atom stereocenters. The van der Waals surface area contributed by atoms with E-state index >= 15 is 0 Å². The lowest BCUT2D eigenvalue weighted by Gasteiger charge is -2.31. The number of aliphatic hydroxyl groups is 1. The molecule has 1 aromatic rings. The molecule has 3 rings (SSSR count). The fourth-order valence-electron chi connectivity index (χ4n) is 2.30. The Morgan fingerprint density at radius 3 is 2.72 bits per heavy atom. The molecule has 0 radical (unpaired) electrons. The summed E-state index contributed by atoms with van der Waals surface area (Å²) in [5.41, 5.74) is 0.0857. The second kappa shape index (κ2) is 3.88. The van der Waals surface area contributed by atoms with Crippen LogP contribution in [0.25, 0.3) is 0 Å². The number of hydrazone groups is 1. The zero-order valence-corrected chi connectivity index (χ0v) is 10.2. The van der Waals surface area contributed by atoms with E-state index in [1.54, 1.807) is 24.5 Å². The standard InChI is InChI=1S/C13H15N3O2/c1-9-8-13(18,11-4-6-14-7-5-11)16(15-9)12(17)10-2-3-10/h4-7,10,18H,2-3,8H2,1H3. The molecule has 0 aromatic carbocycles. The van der Waals surface area contributed by atoms with Crippen LogP contribution in [-0.2, 0) is 10.5 Å². The maximum absolute atomic E-state index is 12.2. The average Bonchev–Trinajstić information content (AvgIpc) is 3.16. The van der Waals surface area contributed by atoms with Crippen molar-refractivity contribution in [1.29, 1.82) is 0 Å². The van der Waals surface area contributed by atoms with E-state index in [-0.39, 0.29) is 11.8 Å². The highest BCUT2D eigenvalue weighted by Crippen LogP contribution is 2.40. The molecule has 0 bridgehead atoms. The number of carbonyl (C=O) groups is 1.